The second-order valence-electron chi connectivity index (χ2n) is 8.07. The molecular formula is C24H29N3O2. The van der Waals surface area contributed by atoms with Gasteiger partial charge in [0.15, 0.2) is 0 Å². The Bertz CT molecular complexity index is 995. The quantitative estimate of drug-likeness (QED) is 0.657. The highest BCUT2D eigenvalue weighted by molar-refractivity contribution is 5.98. The number of nitrogens with one attached hydrogen (secondary N) is 2. The molecule has 2 N–H and O–H groups in total. The summed E-state index contributed by atoms with van der Waals surface area (Å²) in [5.41, 5.74) is 3.94. The topological polar surface area (TPSA) is 57.4 Å². The number of methoxy groups -OCH3 is 1. The van der Waals surface area contributed by atoms with Gasteiger partial charge in [-0.1, -0.05) is 31.2 Å². The molecule has 1 amide bonds. The standard InChI is InChI=1S/C24H29N3O2/c1-17-6-5-11-27(15-17)16-20-8-4-3-7-19(20)14-25-24(28)23-12-18-9-10-21(29-2)13-22(18)26-23/h3-4,7-10,12-13,17,26H,5-6,11,14-16H2,1-2H3,(H,25,28). The zero-order valence-electron chi connectivity index (χ0n) is 17.2. The molecule has 4 rings (SSSR count). The first-order valence-electron chi connectivity index (χ1n) is 10.4. The zero-order valence-corrected chi connectivity index (χ0v) is 17.2. The van der Waals surface area contributed by atoms with Crippen molar-refractivity contribution >= 4 is 16.8 Å². The van der Waals surface area contributed by atoms with Crippen LogP contribution in [0.1, 0.15) is 41.4 Å². The first-order valence-corrected chi connectivity index (χ1v) is 10.4. The molecule has 1 saturated heterocycles. The molecule has 29 heavy (non-hydrogen) atoms. The highest BCUT2D eigenvalue weighted by Gasteiger charge is 2.17. The van der Waals surface area contributed by atoms with Crippen LogP contribution in [0.5, 0.6) is 5.75 Å². The van der Waals surface area contributed by atoms with E-state index in [0.717, 1.165) is 42.2 Å². The van der Waals surface area contributed by atoms with Gasteiger partial charge in [0.1, 0.15) is 11.4 Å². The Morgan fingerprint density at radius 2 is 2.03 bits per heavy atom. The second kappa shape index (κ2) is 8.70. The van der Waals surface area contributed by atoms with Crippen LogP contribution >= 0.6 is 0 Å². The summed E-state index contributed by atoms with van der Waals surface area (Å²) in [5, 5.41) is 4.07. The van der Waals surface area contributed by atoms with Gasteiger partial charge in [-0.2, -0.15) is 0 Å². The summed E-state index contributed by atoms with van der Waals surface area (Å²) in [4.78, 5) is 18.4. The Balaban J connectivity index is 1.43. The first kappa shape index (κ1) is 19.5. The third-order valence-corrected chi connectivity index (χ3v) is 5.77. The zero-order chi connectivity index (χ0) is 20.2. The van der Waals surface area contributed by atoms with E-state index in [0.29, 0.717) is 12.2 Å². The fourth-order valence-corrected chi connectivity index (χ4v) is 4.18. The van der Waals surface area contributed by atoms with Crippen molar-refractivity contribution in [2.24, 2.45) is 5.92 Å². The van der Waals surface area contributed by atoms with Gasteiger partial charge in [0.25, 0.3) is 5.91 Å². The molecule has 2 aromatic carbocycles. The van der Waals surface area contributed by atoms with Crippen LogP contribution in [0, 0.1) is 5.92 Å². The highest BCUT2D eigenvalue weighted by atomic mass is 16.5. The minimum atomic E-state index is -0.0958. The molecule has 1 fully saturated rings. The molecule has 0 spiro atoms. The van der Waals surface area contributed by atoms with Crippen LogP contribution in [-0.4, -0.2) is 36.0 Å². The summed E-state index contributed by atoms with van der Waals surface area (Å²) in [5.74, 6) is 1.44. The number of ether oxygens (including phenoxy) is 1. The van der Waals surface area contributed by atoms with Crippen molar-refractivity contribution in [2.75, 3.05) is 20.2 Å². The summed E-state index contributed by atoms with van der Waals surface area (Å²) in [6, 6.07) is 16.0. The number of piperidine rings is 1. The Kier molecular flexibility index (Phi) is 5.86. The van der Waals surface area contributed by atoms with Gasteiger partial charge in [0, 0.05) is 36.6 Å². The van der Waals surface area contributed by atoms with Crippen LogP contribution in [0.25, 0.3) is 10.9 Å². The van der Waals surface area contributed by atoms with Crippen molar-refractivity contribution in [3.05, 3.63) is 65.4 Å². The number of carbonyl (C=O) groups is 1. The van der Waals surface area contributed by atoms with E-state index in [1.54, 1.807) is 7.11 Å². The average molecular weight is 392 g/mol. The van der Waals surface area contributed by atoms with E-state index < -0.39 is 0 Å². The van der Waals surface area contributed by atoms with E-state index in [1.165, 1.54) is 24.0 Å². The van der Waals surface area contributed by atoms with Crippen LogP contribution in [0.3, 0.4) is 0 Å². The molecule has 152 valence electrons. The second-order valence-corrected chi connectivity index (χ2v) is 8.07. The van der Waals surface area contributed by atoms with Gasteiger partial charge >= 0.3 is 0 Å². The van der Waals surface area contributed by atoms with Crippen LogP contribution in [0.2, 0.25) is 0 Å². The molecule has 2 heterocycles. The molecule has 0 radical (unpaired) electrons. The van der Waals surface area contributed by atoms with Crippen molar-refractivity contribution < 1.29 is 9.53 Å². The molecule has 0 bridgehead atoms. The predicted molar refractivity (Wildman–Crippen MR) is 116 cm³/mol. The van der Waals surface area contributed by atoms with Gasteiger partial charge in [0.2, 0.25) is 0 Å². The minimum Gasteiger partial charge on any atom is -0.497 e. The number of hydrogen-bond donors (Lipinski definition) is 2. The van der Waals surface area contributed by atoms with E-state index in [-0.39, 0.29) is 5.91 Å². The number of aromatic nitrogens is 1. The third kappa shape index (κ3) is 4.62. The minimum absolute atomic E-state index is 0.0958. The average Bonchev–Trinajstić information content (AvgIpc) is 3.16. The molecule has 0 aliphatic carbocycles. The summed E-state index contributed by atoms with van der Waals surface area (Å²) in [7, 11) is 1.64. The largest absolute Gasteiger partial charge is 0.497 e. The SMILES string of the molecule is COc1ccc2cc(C(=O)NCc3ccccc3CN3CCCC(C)C3)[nH]c2c1. The number of H-pyrrole nitrogens is 1. The van der Waals surface area contributed by atoms with Gasteiger partial charge in [-0.3, -0.25) is 9.69 Å². The maximum atomic E-state index is 12.7. The Labute approximate surface area is 172 Å². The van der Waals surface area contributed by atoms with Gasteiger partial charge in [0.05, 0.1) is 7.11 Å². The van der Waals surface area contributed by atoms with Gasteiger partial charge in [-0.15, -0.1) is 0 Å². The van der Waals surface area contributed by atoms with Crippen molar-refractivity contribution in [3.63, 3.8) is 0 Å². The smallest absolute Gasteiger partial charge is 0.267 e. The lowest BCUT2D eigenvalue weighted by molar-refractivity contribution is 0.0946. The van der Waals surface area contributed by atoms with E-state index in [2.05, 4.69) is 40.3 Å². The van der Waals surface area contributed by atoms with Crippen LogP contribution in [0.15, 0.2) is 48.5 Å². The molecule has 5 heteroatoms. The molecule has 1 atom stereocenters. The summed E-state index contributed by atoms with van der Waals surface area (Å²) >= 11 is 0. The number of carbonyl (C=O) groups excluding carboxylic acids is 1. The number of rotatable bonds is 6. The summed E-state index contributed by atoms with van der Waals surface area (Å²) < 4.78 is 5.25. The molecule has 1 aliphatic heterocycles. The van der Waals surface area contributed by atoms with E-state index in [1.807, 2.05) is 30.3 Å². The maximum Gasteiger partial charge on any atom is 0.267 e. The molecule has 1 aliphatic rings. The monoisotopic (exact) mass is 391 g/mol. The van der Waals surface area contributed by atoms with Crippen molar-refractivity contribution in [3.8, 4) is 5.75 Å². The lowest BCUT2D eigenvalue weighted by Crippen LogP contribution is -2.34. The summed E-state index contributed by atoms with van der Waals surface area (Å²) in [6.07, 6.45) is 2.59. The van der Waals surface area contributed by atoms with Crippen LogP contribution in [0.4, 0.5) is 0 Å². The van der Waals surface area contributed by atoms with Crippen molar-refractivity contribution in [1.29, 1.82) is 0 Å². The molecule has 0 saturated carbocycles. The number of amides is 1. The molecule has 1 unspecified atom stereocenters. The van der Waals surface area contributed by atoms with E-state index in [9.17, 15) is 4.79 Å². The normalized spacial score (nSPS) is 17.4. The van der Waals surface area contributed by atoms with Gasteiger partial charge in [-0.05, 0) is 54.6 Å². The predicted octanol–water partition coefficient (Wildman–Crippen LogP) is 4.34. The number of nitrogens with zero attached hydrogens (tertiary/aromatic N) is 1. The fraction of sp³-hybridized carbons (Fsp3) is 0.375. The molecule has 3 aromatic rings. The Morgan fingerprint density at radius 1 is 1.21 bits per heavy atom. The van der Waals surface area contributed by atoms with Gasteiger partial charge in [-0.25, -0.2) is 0 Å². The molecule has 5 nitrogen and oxygen atoms in total. The first-order chi connectivity index (χ1) is 14.1. The highest BCUT2D eigenvalue weighted by Crippen LogP contribution is 2.22. The van der Waals surface area contributed by atoms with E-state index in [4.69, 9.17) is 4.74 Å². The lowest BCUT2D eigenvalue weighted by atomic mass is 9.99. The molecular weight excluding hydrogens is 362 g/mol. The Morgan fingerprint density at radius 3 is 2.83 bits per heavy atom. The maximum absolute atomic E-state index is 12.7. The number of hydrogen-bond acceptors (Lipinski definition) is 3. The fourth-order valence-electron chi connectivity index (χ4n) is 4.18. The van der Waals surface area contributed by atoms with Crippen LogP contribution in [-0.2, 0) is 13.1 Å². The number of likely N-dealkylation sites (tertiary alicyclic amines) is 1. The van der Waals surface area contributed by atoms with Crippen LogP contribution < -0.4 is 10.1 Å². The van der Waals surface area contributed by atoms with Crippen molar-refractivity contribution in [2.45, 2.75) is 32.9 Å². The molecule has 1 aromatic heterocycles. The number of fused-ring (bicyclic) bond motifs is 1. The van der Waals surface area contributed by atoms with Gasteiger partial charge < -0.3 is 15.0 Å². The Hall–Kier alpha value is -2.79. The van der Waals surface area contributed by atoms with Crippen molar-refractivity contribution in [1.82, 2.24) is 15.2 Å². The number of aromatic amines is 1. The third-order valence-electron chi connectivity index (χ3n) is 5.77. The lowest BCUT2D eigenvalue weighted by Gasteiger charge is -2.31. The number of benzene rings is 2. The summed E-state index contributed by atoms with van der Waals surface area (Å²) in [6.45, 7) is 6.11. The van der Waals surface area contributed by atoms with E-state index >= 15 is 0 Å².